The quantitative estimate of drug-likeness (QED) is 0.265. The van der Waals surface area contributed by atoms with E-state index in [9.17, 15) is 27.6 Å². The molecule has 1 aliphatic heterocycles. The fourth-order valence-corrected chi connectivity index (χ4v) is 8.58. The normalized spacial score (nSPS) is 25.1. The van der Waals surface area contributed by atoms with Crippen molar-refractivity contribution < 1.29 is 46.0 Å². The second-order valence-corrected chi connectivity index (χ2v) is 17.2. The number of amides is 4. The Labute approximate surface area is 314 Å². The number of aromatic nitrogens is 1. The summed E-state index contributed by atoms with van der Waals surface area (Å²) in [6, 6.07) is 2.90. The van der Waals surface area contributed by atoms with Gasteiger partial charge in [-0.05, 0) is 74.5 Å². The van der Waals surface area contributed by atoms with Gasteiger partial charge in [0.15, 0.2) is 0 Å². The van der Waals surface area contributed by atoms with Crippen LogP contribution in [0, 0.1) is 11.3 Å². The molecule has 1 aromatic heterocycles. The number of fused-ring (bicyclic) bond motifs is 1. The number of hydrogen-bond donors (Lipinski definition) is 3. The first-order valence-electron chi connectivity index (χ1n) is 18.2. The first-order chi connectivity index (χ1) is 25.0. The Morgan fingerprint density at radius 2 is 1.75 bits per heavy atom. The molecule has 3 saturated carbocycles. The highest BCUT2D eigenvalue weighted by Crippen LogP contribution is 2.47. The first-order valence-corrected chi connectivity index (χ1v) is 20.0. The van der Waals surface area contributed by atoms with Crippen molar-refractivity contribution in [1.29, 1.82) is 0 Å². The average molecular weight is 778 g/mol. The van der Waals surface area contributed by atoms with Gasteiger partial charge in [-0.3, -0.25) is 18.6 Å². The summed E-state index contributed by atoms with van der Waals surface area (Å²) in [7, 11) is -2.89. The monoisotopic (exact) mass is 777 g/mol. The van der Waals surface area contributed by atoms with E-state index in [-0.39, 0.29) is 37.3 Å². The standard InChI is InChI=1S/C36H48ClN5O10S/c1-6-20-18-36(20,33(45)41-53(47,48)52-22-11-12-22)40-30(43)26-17-23(50-31-25-13-14-27(49-5)28(37)24(25)15-16-38-31)19-42(26)32(44)29(35(2,3)4)39-34(46)51-21-9-7-8-10-21/h13-16,20-23,26,29H,6-12,17-19H2,1-5H3,(H,39,46)(H,40,43)(H,41,45)/t20-,23-,26+,29-,36-/m1/s1. The summed E-state index contributed by atoms with van der Waals surface area (Å²) in [4.78, 5) is 61.2. The van der Waals surface area contributed by atoms with Crippen molar-refractivity contribution in [3.63, 3.8) is 0 Å². The van der Waals surface area contributed by atoms with E-state index in [1.54, 1.807) is 39.0 Å². The molecule has 2 heterocycles. The molecule has 0 spiro atoms. The van der Waals surface area contributed by atoms with Crippen LogP contribution in [-0.4, -0.2) is 91.7 Å². The number of nitrogens with zero attached hydrogens (tertiary/aromatic N) is 2. The zero-order chi connectivity index (χ0) is 38.3. The van der Waals surface area contributed by atoms with Gasteiger partial charge in [0.2, 0.25) is 17.7 Å². The minimum absolute atomic E-state index is 0.000488. The highest BCUT2D eigenvalue weighted by Gasteiger charge is 2.62. The van der Waals surface area contributed by atoms with Crippen LogP contribution in [-0.2, 0) is 33.6 Å². The molecule has 1 saturated heterocycles. The molecule has 2 aromatic rings. The number of pyridine rings is 1. The predicted molar refractivity (Wildman–Crippen MR) is 193 cm³/mol. The molecule has 3 N–H and O–H groups in total. The molecular formula is C36H48ClN5O10S. The van der Waals surface area contributed by atoms with Gasteiger partial charge in [0, 0.05) is 23.4 Å². The Morgan fingerprint density at radius 3 is 2.38 bits per heavy atom. The number of carbonyl (C=O) groups is 4. The molecule has 4 aliphatic rings. The van der Waals surface area contributed by atoms with Crippen molar-refractivity contribution >= 4 is 56.5 Å². The fraction of sp³-hybridized carbons (Fsp3) is 0.639. The number of rotatable bonds is 13. The Kier molecular flexibility index (Phi) is 11.1. The van der Waals surface area contributed by atoms with E-state index in [4.69, 9.17) is 30.0 Å². The molecule has 53 heavy (non-hydrogen) atoms. The Balaban J connectivity index is 1.27. The summed E-state index contributed by atoms with van der Waals surface area (Å²) in [6.45, 7) is 7.15. The predicted octanol–water partition coefficient (Wildman–Crippen LogP) is 4.15. The molecule has 3 aliphatic carbocycles. The van der Waals surface area contributed by atoms with Crippen molar-refractivity contribution in [2.24, 2.45) is 11.3 Å². The Bertz CT molecular complexity index is 1860. The van der Waals surface area contributed by atoms with Crippen molar-refractivity contribution in [1.82, 2.24) is 25.2 Å². The number of carbonyl (C=O) groups excluding carboxylic acids is 4. The number of alkyl carbamates (subject to hydrolysis) is 1. The van der Waals surface area contributed by atoms with Crippen LogP contribution >= 0.6 is 11.6 Å². The molecule has 4 fully saturated rings. The summed E-state index contributed by atoms with van der Waals surface area (Å²) in [5.41, 5.74) is -2.33. The SMILES string of the molecule is CC[C@@H]1C[C@]1(NC(=O)[C@@H]1C[C@@H](Oc2nccc3c(Cl)c(OC)ccc23)CN1C(=O)[C@@H](NC(=O)OC1CCCC1)C(C)(C)C)C(=O)NS(=O)(=O)OC1CC1. The summed E-state index contributed by atoms with van der Waals surface area (Å²) in [6.07, 6.45) is 4.57. The van der Waals surface area contributed by atoms with E-state index in [1.165, 1.54) is 18.2 Å². The fourth-order valence-electron chi connectivity index (χ4n) is 7.27. The lowest BCUT2D eigenvalue weighted by Crippen LogP contribution is -2.60. The summed E-state index contributed by atoms with van der Waals surface area (Å²) in [5.74, 6) is -1.79. The molecule has 0 unspecified atom stereocenters. The van der Waals surface area contributed by atoms with Gasteiger partial charge in [-0.2, -0.15) is 8.42 Å². The molecule has 290 valence electrons. The third kappa shape index (κ3) is 8.59. The van der Waals surface area contributed by atoms with Gasteiger partial charge < -0.3 is 29.7 Å². The molecule has 5 atom stereocenters. The van der Waals surface area contributed by atoms with Crippen LogP contribution in [0.4, 0.5) is 4.79 Å². The molecule has 4 amide bonds. The van der Waals surface area contributed by atoms with E-state index >= 15 is 0 Å². The lowest BCUT2D eigenvalue weighted by atomic mass is 9.85. The highest BCUT2D eigenvalue weighted by molar-refractivity contribution is 7.85. The van der Waals surface area contributed by atoms with E-state index in [2.05, 4.69) is 15.6 Å². The van der Waals surface area contributed by atoms with Gasteiger partial charge in [0.05, 0.1) is 24.8 Å². The van der Waals surface area contributed by atoms with Gasteiger partial charge in [0.25, 0.3) is 5.91 Å². The van der Waals surface area contributed by atoms with Crippen LogP contribution in [0.15, 0.2) is 24.4 Å². The first kappa shape index (κ1) is 38.8. The number of nitrogens with one attached hydrogen (secondary N) is 3. The van der Waals surface area contributed by atoms with Crippen LogP contribution in [0.2, 0.25) is 5.02 Å². The summed E-state index contributed by atoms with van der Waals surface area (Å²) >= 11 is 6.58. The van der Waals surface area contributed by atoms with Crippen molar-refractivity contribution in [3.8, 4) is 11.6 Å². The maximum Gasteiger partial charge on any atom is 0.408 e. The minimum Gasteiger partial charge on any atom is -0.495 e. The topological polar surface area (TPSA) is 192 Å². The number of hydrogen-bond acceptors (Lipinski definition) is 11. The van der Waals surface area contributed by atoms with Crippen LogP contribution in [0.3, 0.4) is 0 Å². The lowest BCUT2D eigenvalue weighted by Gasteiger charge is -2.35. The summed E-state index contributed by atoms with van der Waals surface area (Å²) < 4.78 is 49.5. The number of halogens is 1. The van der Waals surface area contributed by atoms with Crippen molar-refractivity contribution in [2.75, 3.05) is 13.7 Å². The van der Waals surface area contributed by atoms with E-state index in [0.29, 0.717) is 40.8 Å². The van der Waals surface area contributed by atoms with E-state index in [1.807, 2.05) is 11.6 Å². The number of ether oxygens (including phenoxy) is 3. The molecule has 1 aromatic carbocycles. The van der Waals surface area contributed by atoms with E-state index < -0.39 is 69.4 Å². The van der Waals surface area contributed by atoms with E-state index in [0.717, 1.165) is 25.7 Å². The Morgan fingerprint density at radius 1 is 1.04 bits per heavy atom. The van der Waals surface area contributed by atoms with Gasteiger partial charge in [-0.25, -0.2) is 14.5 Å². The number of likely N-dealkylation sites (tertiary alicyclic amines) is 1. The molecule has 17 heteroatoms. The zero-order valence-electron chi connectivity index (χ0n) is 30.6. The van der Waals surface area contributed by atoms with Crippen molar-refractivity contribution in [2.45, 2.75) is 121 Å². The third-order valence-corrected chi connectivity index (χ3v) is 11.8. The van der Waals surface area contributed by atoms with Crippen LogP contribution in [0.5, 0.6) is 11.6 Å². The maximum atomic E-state index is 14.5. The number of methoxy groups -OCH3 is 1. The molecule has 6 rings (SSSR count). The maximum absolute atomic E-state index is 14.5. The lowest BCUT2D eigenvalue weighted by molar-refractivity contribution is -0.143. The zero-order valence-corrected chi connectivity index (χ0v) is 32.2. The molecule has 15 nitrogen and oxygen atoms in total. The van der Waals surface area contributed by atoms with Crippen LogP contribution in [0.25, 0.3) is 10.8 Å². The van der Waals surface area contributed by atoms with Crippen molar-refractivity contribution in [3.05, 3.63) is 29.4 Å². The van der Waals surface area contributed by atoms with Gasteiger partial charge in [-0.1, -0.05) is 45.7 Å². The average Bonchev–Trinajstić information content (AvgIpc) is 3.92. The van der Waals surface area contributed by atoms with Gasteiger partial charge in [0.1, 0.15) is 35.6 Å². The second-order valence-electron chi connectivity index (χ2n) is 15.5. The number of benzene rings is 1. The van der Waals surface area contributed by atoms with Gasteiger partial charge in [-0.15, -0.1) is 0 Å². The molecule has 0 bridgehead atoms. The highest BCUT2D eigenvalue weighted by atomic mass is 35.5. The molecule has 0 radical (unpaired) electrons. The second kappa shape index (κ2) is 15.1. The summed E-state index contributed by atoms with van der Waals surface area (Å²) in [5, 5.41) is 7.14. The third-order valence-electron chi connectivity index (χ3n) is 10.5. The largest absolute Gasteiger partial charge is 0.495 e. The van der Waals surface area contributed by atoms with Gasteiger partial charge >= 0.3 is 16.4 Å². The Hall–Kier alpha value is -3.89. The van der Waals surface area contributed by atoms with Crippen LogP contribution in [0.1, 0.15) is 85.5 Å². The molecular weight excluding hydrogens is 730 g/mol. The minimum atomic E-state index is -4.40. The smallest absolute Gasteiger partial charge is 0.408 e. The van der Waals surface area contributed by atoms with Crippen LogP contribution < -0.4 is 24.8 Å².